The molecule has 2 aromatic rings. The van der Waals surface area contributed by atoms with E-state index < -0.39 is 0 Å². The van der Waals surface area contributed by atoms with Gasteiger partial charge in [0.2, 0.25) is 0 Å². The summed E-state index contributed by atoms with van der Waals surface area (Å²) in [7, 11) is 0. The zero-order valence-electron chi connectivity index (χ0n) is 16.2. The fourth-order valence-electron chi connectivity index (χ4n) is 4.78. The number of nitrogens with zero attached hydrogens (tertiary/aromatic N) is 1. The minimum absolute atomic E-state index is 0.0674. The molecule has 5 heteroatoms. The number of amides is 2. The first kappa shape index (κ1) is 18.5. The van der Waals surface area contributed by atoms with Crippen molar-refractivity contribution in [3.63, 3.8) is 0 Å². The Labute approximate surface area is 166 Å². The van der Waals surface area contributed by atoms with Crippen LogP contribution in [-0.4, -0.2) is 29.1 Å². The molecule has 2 fully saturated rings. The molecule has 0 unspecified atom stereocenters. The Balaban J connectivity index is 1.38. The van der Waals surface area contributed by atoms with Gasteiger partial charge in [0, 0.05) is 35.2 Å². The van der Waals surface area contributed by atoms with Crippen molar-refractivity contribution in [2.75, 3.05) is 5.32 Å². The number of carbonyl (C=O) groups is 1. The van der Waals surface area contributed by atoms with Gasteiger partial charge in [-0.3, -0.25) is 4.90 Å². The average Bonchev–Trinajstić information content (AvgIpc) is 3.12. The van der Waals surface area contributed by atoms with E-state index in [9.17, 15) is 4.79 Å². The Kier molecular flexibility index (Phi) is 5.50. The third-order valence-electron chi connectivity index (χ3n) is 6.10. The van der Waals surface area contributed by atoms with E-state index in [1.54, 1.807) is 0 Å². The molecule has 2 saturated heterocycles. The molecule has 2 aliphatic rings. The third-order valence-corrected chi connectivity index (χ3v) is 6.96. The molecular weight excluding hydrogens is 354 g/mol. The van der Waals surface area contributed by atoms with E-state index in [4.69, 9.17) is 0 Å². The third kappa shape index (κ3) is 4.19. The number of rotatable bonds is 4. The van der Waals surface area contributed by atoms with E-state index in [1.807, 2.05) is 43.4 Å². The summed E-state index contributed by atoms with van der Waals surface area (Å²) in [6.45, 7) is 5.14. The molecule has 0 radical (unpaired) electrons. The average molecular weight is 384 g/mol. The summed E-state index contributed by atoms with van der Waals surface area (Å²) in [4.78, 5) is 16.7. The fraction of sp³-hybridized carbons (Fsp3) is 0.500. The summed E-state index contributed by atoms with van der Waals surface area (Å²) in [5.41, 5.74) is 3.14. The first-order valence-corrected chi connectivity index (χ1v) is 10.9. The lowest BCUT2D eigenvalue weighted by molar-refractivity contribution is 0.0208. The molecule has 1 aromatic heterocycles. The summed E-state index contributed by atoms with van der Waals surface area (Å²) in [5.74, 6) is 0. The number of thiophene rings is 1. The number of aryl methyl sites for hydroxylation is 2. The Morgan fingerprint density at radius 2 is 1.81 bits per heavy atom. The van der Waals surface area contributed by atoms with E-state index in [-0.39, 0.29) is 12.1 Å². The number of para-hydroxylation sites is 1. The van der Waals surface area contributed by atoms with Crippen molar-refractivity contribution in [3.8, 4) is 0 Å². The van der Waals surface area contributed by atoms with Gasteiger partial charge in [0.05, 0.1) is 0 Å². The largest absolute Gasteiger partial charge is 0.335 e. The highest BCUT2D eigenvalue weighted by atomic mass is 32.1. The molecule has 3 heterocycles. The maximum atomic E-state index is 12.6. The van der Waals surface area contributed by atoms with Gasteiger partial charge >= 0.3 is 6.03 Å². The lowest BCUT2D eigenvalue weighted by Gasteiger charge is -2.49. The van der Waals surface area contributed by atoms with Crippen LogP contribution in [-0.2, 0) is 6.54 Å². The van der Waals surface area contributed by atoms with Crippen molar-refractivity contribution >= 4 is 23.1 Å². The Bertz CT molecular complexity index is 755. The quantitative estimate of drug-likeness (QED) is 0.774. The number of benzene rings is 1. The van der Waals surface area contributed by atoms with Crippen molar-refractivity contribution in [1.82, 2.24) is 10.2 Å². The minimum atomic E-state index is -0.0674. The Morgan fingerprint density at radius 1 is 1.11 bits per heavy atom. The molecule has 0 saturated carbocycles. The monoisotopic (exact) mass is 383 g/mol. The van der Waals surface area contributed by atoms with E-state index in [0.29, 0.717) is 12.1 Å². The standard InChI is InChI=1S/C22H29N3OS/c1-15-6-3-7-16(2)21(15)24-22(26)23-17-12-18-8-4-9-19(13-17)25(18)14-20-10-5-11-27-20/h3,5-7,10-11,17-19H,4,8-9,12-14H2,1-2H3,(H2,23,24,26)/t18-,19-/m0/s1. The van der Waals surface area contributed by atoms with Crippen LogP contribution in [0.3, 0.4) is 0 Å². The van der Waals surface area contributed by atoms with Crippen molar-refractivity contribution in [3.05, 3.63) is 51.7 Å². The van der Waals surface area contributed by atoms with E-state index in [0.717, 1.165) is 36.2 Å². The number of urea groups is 1. The van der Waals surface area contributed by atoms with Crippen LogP contribution >= 0.6 is 11.3 Å². The SMILES string of the molecule is Cc1cccc(C)c1NC(=O)NC1C[C@@H]2CCC[C@@H](C1)N2Cc1cccs1. The summed E-state index contributed by atoms with van der Waals surface area (Å²) in [6.07, 6.45) is 5.93. The molecule has 1 aromatic carbocycles. The summed E-state index contributed by atoms with van der Waals surface area (Å²) >= 11 is 1.85. The minimum Gasteiger partial charge on any atom is -0.335 e. The molecule has 2 bridgehead atoms. The van der Waals surface area contributed by atoms with Gasteiger partial charge in [-0.05, 0) is 62.1 Å². The molecule has 2 amide bonds. The second-order valence-electron chi connectivity index (χ2n) is 8.02. The van der Waals surface area contributed by atoms with Crippen LogP contribution in [0.25, 0.3) is 0 Å². The van der Waals surface area contributed by atoms with Gasteiger partial charge in [-0.15, -0.1) is 11.3 Å². The molecule has 4 rings (SSSR count). The van der Waals surface area contributed by atoms with Crippen LogP contribution in [0.5, 0.6) is 0 Å². The smallest absolute Gasteiger partial charge is 0.319 e. The number of carbonyl (C=O) groups excluding carboxylic acids is 1. The highest BCUT2D eigenvalue weighted by Gasteiger charge is 2.38. The van der Waals surface area contributed by atoms with Gasteiger partial charge in [0.25, 0.3) is 0 Å². The molecule has 2 atom stereocenters. The van der Waals surface area contributed by atoms with E-state index >= 15 is 0 Å². The highest BCUT2D eigenvalue weighted by molar-refractivity contribution is 7.09. The normalized spacial score (nSPS) is 25.2. The molecule has 2 aliphatic heterocycles. The van der Waals surface area contributed by atoms with Crippen LogP contribution in [0.15, 0.2) is 35.7 Å². The molecular formula is C22H29N3OS. The number of anilines is 1. The number of hydrogen-bond donors (Lipinski definition) is 2. The number of piperidine rings is 2. The number of fused-ring (bicyclic) bond motifs is 2. The maximum absolute atomic E-state index is 12.6. The van der Waals surface area contributed by atoms with Crippen molar-refractivity contribution in [2.24, 2.45) is 0 Å². The summed E-state index contributed by atoms with van der Waals surface area (Å²) in [5, 5.41) is 8.50. The predicted octanol–water partition coefficient (Wildman–Crippen LogP) is 5.07. The van der Waals surface area contributed by atoms with Crippen LogP contribution in [0.2, 0.25) is 0 Å². The summed E-state index contributed by atoms with van der Waals surface area (Å²) < 4.78 is 0. The van der Waals surface area contributed by atoms with Gasteiger partial charge in [-0.1, -0.05) is 30.7 Å². The molecule has 0 spiro atoms. The van der Waals surface area contributed by atoms with Gasteiger partial charge in [-0.2, -0.15) is 0 Å². The maximum Gasteiger partial charge on any atom is 0.319 e. The predicted molar refractivity (Wildman–Crippen MR) is 112 cm³/mol. The molecule has 27 heavy (non-hydrogen) atoms. The first-order valence-electron chi connectivity index (χ1n) is 10.0. The summed E-state index contributed by atoms with van der Waals surface area (Å²) in [6, 6.07) is 11.9. The van der Waals surface area contributed by atoms with Crippen molar-refractivity contribution < 1.29 is 4.79 Å². The van der Waals surface area contributed by atoms with Crippen molar-refractivity contribution in [2.45, 2.75) is 70.6 Å². The highest BCUT2D eigenvalue weighted by Crippen LogP contribution is 2.35. The van der Waals surface area contributed by atoms with Crippen LogP contribution < -0.4 is 10.6 Å². The molecule has 144 valence electrons. The number of hydrogen-bond acceptors (Lipinski definition) is 3. The second-order valence-corrected chi connectivity index (χ2v) is 9.06. The van der Waals surface area contributed by atoms with Crippen LogP contribution in [0.1, 0.15) is 48.1 Å². The van der Waals surface area contributed by atoms with Crippen LogP contribution in [0, 0.1) is 13.8 Å². The van der Waals surface area contributed by atoms with Gasteiger partial charge in [0.15, 0.2) is 0 Å². The van der Waals surface area contributed by atoms with Crippen molar-refractivity contribution in [1.29, 1.82) is 0 Å². The number of nitrogens with one attached hydrogen (secondary N) is 2. The van der Waals surface area contributed by atoms with E-state index in [1.165, 1.54) is 24.1 Å². The molecule has 2 N–H and O–H groups in total. The zero-order chi connectivity index (χ0) is 18.8. The van der Waals surface area contributed by atoms with Gasteiger partial charge in [-0.25, -0.2) is 4.79 Å². The lowest BCUT2D eigenvalue weighted by atomic mass is 9.81. The topological polar surface area (TPSA) is 44.4 Å². The van der Waals surface area contributed by atoms with Gasteiger partial charge < -0.3 is 10.6 Å². The fourth-order valence-corrected chi connectivity index (χ4v) is 5.50. The lowest BCUT2D eigenvalue weighted by Crippen LogP contribution is -2.56. The second kappa shape index (κ2) is 8.03. The molecule has 0 aliphatic carbocycles. The Hall–Kier alpha value is -1.85. The Morgan fingerprint density at radius 3 is 2.44 bits per heavy atom. The zero-order valence-corrected chi connectivity index (χ0v) is 17.0. The van der Waals surface area contributed by atoms with Gasteiger partial charge in [0.1, 0.15) is 0 Å². The first-order chi connectivity index (χ1) is 13.1. The molecule has 4 nitrogen and oxygen atoms in total. The van der Waals surface area contributed by atoms with E-state index in [2.05, 4.69) is 33.0 Å². The van der Waals surface area contributed by atoms with Crippen LogP contribution in [0.4, 0.5) is 10.5 Å².